The highest BCUT2D eigenvalue weighted by molar-refractivity contribution is 6.30. The Bertz CT molecular complexity index is 324. The molecule has 2 nitrogen and oxygen atoms in total. The zero-order valence-corrected chi connectivity index (χ0v) is 12.1. The summed E-state index contributed by atoms with van der Waals surface area (Å²) in [5.41, 5.74) is 7.20. The maximum absolute atomic E-state index is 5.98. The van der Waals surface area contributed by atoms with Crippen LogP contribution in [0.5, 0.6) is 0 Å². The summed E-state index contributed by atoms with van der Waals surface area (Å²) in [6, 6.07) is 7.93. The van der Waals surface area contributed by atoms with Crippen molar-refractivity contribution in [2.24, 2.45) is 5.73 Å². The summed E-state index contributed by atoms with van der Waals surface area (Å²) in [5, 5.41) is 0.764. The topological polar surface area (TPSA) is 35.2 Å². The molecule has 0 aromatic heterocycles. The molecule has 0 saturated carbocycles. The summed E-state index contributed by atoms with van der Waals surface area (Å²) in [4.78, 5) is 0. The van der Waals surface area contributed by atoms with Crippen molar-refractivity contribution < 1.29 is 4.74 Å². The number of rotatable bonds is 8. The van der Waals surface area contributed by atoms with Crippen molar-refractivity contribution in [3.63, 3.8) is 0 Å². The first kappa shape index (κ1) is 15.5. The van der Waals surface area contributed by atoms with Crippen LogP contribution < -0.4 is 5.73 Å². The van der Waals surface area contributed by atoms with E-state index in [9.17, 15) is 0 Å². The number of benzene rings is 1. The molecule has 102 valence electrons. The summed E-state index contributed by atoms with van der Waals surface area (Å²) >= 11 is 5.87. The van der Waals surface area contributed by atoms with E-state index in [-0.39, 0.29) is 12.1 Å². The molecule has 0 aliphatic heterocycles. The molecule has 0 amide bonds. The van der Waals surface area contributed by atoms with Gasteiger partial charge in [0.15, 0.2) is 0 Å². The standard InChI is InChI=1S/C15H24ClNO/c1-3-4-5-10-18-15(12(2)17)11-13-6-8-14(16)9-7-13/h6-9,12,15H,3-5,10-11,17H2,1-2H3/t12-,15+/m0/s1. The molecule has 0 unspecified atom stereocenters. The number of unbranched alkanes of at least 4 members (excludes halogenated alkanes) is 2. The minimum absolute atomic E-state index is 0.0438. The van der Waals surface area contributed by atoms with E-state index in [1.54, 1.807) is 0 Å². The Morgan fingerprint density at radius 2 is 1.89 bits per heavy atom. The zero-order valence-electron chi connectivity index (χ0n) is 11.4. The van der Waals surface area contributed by atoms with Gasteiger partial charge in [-0.1, -0.05) is 43.5 Å². The molecule has 18 heavy (non-hydrogen) atoms. The van der Waals surface area contributed by atoms with Crippen molar-refractivity contribution in [2.75, 3.05) is 6.61 Å². The van der Waals surface area contributed by atoms with Crippen molar-refractivity contribution in [3.05, 3.63) is 34.9 Å². The lowest BCUT2D eigenvalue weighted by molar-refractivity contribution is 0.0374. The smallest absolute Gasteiger partial charge is 0.0763 e. The minimum Gasteiger partial charge on any atom is -0.376 e. The molecular formula is C15H24ClNO. The number of hydrogen-bond donors (Lipinski definition) is 1. The Morgan fingerprint density at radius 1 is 1.22 bits per heavy atom. The van der Waals surface area contributed by atoms with E-state index < -0.39 is 0 Å². The van der Waals surface area contributed by atoms with E-state index in [4.69, 9.17) is 22.1 Å². The Labute approximate surface area is 115 Å². The van der Waals surface area contributed by atoms with Gasteiger partial charge in [-0.05, 0) is 31.0 Å². The normalized spacial score (nSPS) is 14.4. The third-order valence-corrected chi connectivity index (χ3v) is 3.27. The van der Waals surface area contributed by atoms with Crippen LogP contribution in [0.2, 0.25) is 5.02 Å². The summed E-state index contributed by atoms with van der Waals surface area (Å²) in [7, 11) is 0. The van der Waals surface area contributed by atoms with E-state index in [0.29, 0.717) is 0 Å². The van der Waals surface area contributed by atoms with Crippen LogP contribution >= 0.6 is 11.6 Å². The largest absolute Gasteiger partial charge is 0.376 e. The average molecular weight is 270 g/mol. The van der Waals surface area contributed by atoms with Crippen LogP contribution in [-0.4, -0.2) is 18.8 Å². The van der Waals surface area contributed by atoms with Crippen molar-refractivity contribution >= 4 is 11.6 Å². The highest BCUT2D eigenvalue weighted by atomic mass is 35.5. The summed E-state index contributed by atoms with van der Waals surface area (Å²) in [6.07, 6.45) is 4.47. The fourth-order valence-corrected chi connectivity index (χ4v) is 1.96. The second kappa shape index (κ2) is 8.52. The number of nitrogens with two attached hydrogens (primary N) is 1. The summed E-state index contributed by atoms with van der Waals surface area (Å²) in [5.74, 6) is 0. The lowest BCUT2D eigenvalue weighted by Gasteiger charge is -2.21. The Morgan fingerprint density at radius 3 is 2.44 bits per heavy atom. The van der Waals surface area contributed by atoms with Gasteiger partial charge >= 0.3 is 0 Å². The Balaban J connectivity index is 2.44. The van der Waals surface area contributed by atoms with Crippen molar-refractivity contribution in [1.29, 1.82) is 0 Å². The second-order valence-electron chi connectivity index (χ2n) is 4.81. The van der Waals surface area contributed by atoms with Crippen LogP contribution in [0.4, 0.5) is 0 Å². The predicted molar refractivity (Wildman–Crippen MR) is 78.1 cm³/mol. The molecule has 0 radical (unpaired) electrons. The van der Waals surface area contributed by atoms with E-state index in [2.05, 4.69) is 6.92 Å². The van der Waals surface area contributed by atoms with E-state index >= 15 is 0 Å². The number of halogens is 1. The van der Waals surface area contributed by atoms with Gasteiger partial charge in [0.2, 0.25) is 0 Å². The summed E-state index contributed by atoms with van der Waals surface area (Å²) < 4.78 is 5.88. The van der Waals surface area contributed by atoms with Gasteiger partial charge in [-0.15, -0.1) is 0 Å². The highest BCUT2D eigenvalue weighted by Crippen LogP contribution is 2.13. The maximum Gasteiger partial charge on any atom is 0.0763 e. The average Bonchev–Trinajstić information content (AvgIpc) is 2.35. The van der Waals surface area contributed by atoms with Gasteiger partial charge in [0.05, 0.1) is 6.10 Å². The molecule has 1 aromatic carbocycles. The van der Waals surface area contributed by atoms with Crippen LogP contribution in [0.1, 0.15) is 38.7 Å². The SMILES string of the molecule is CCCCCO[C@H](Cc1ccc(Cl)cc1)[C@H](C)N. The quantitative estimate of drug-likeness (QED) is 0.729. The molecule has 0 spiro atoms. The molecule has 1 aromatic rings. The van der Waals surface area contributed by atoms with Gasteiger partial charge in [-0.3, -0.25) is 0 Å². The van der Waals surface area contributed by atoms with Crippen LogP contribution in [0.3, 0.4) is 0 Å². The van der Waals surface area contributed by atoms with Crippen LogP contribution in [0.15, 0.2) is 24.3 Å². The molecule has 0 aliphatic rings. The molecule has 2 atom stereocenters. The van der Waals surface area contributed by atoms with Crippen molar-refractivity contribution in [2.45, 2.75) is 51.7 Å². The molecule has 0 bridgehead atoms. The third-order valence-electron chi connectivity index (χ3n) is 3.02. The molecule has 0 heterocycles. The first-order valence-electron chi connectivity index (χ1n) is 6.75. The molecule has 0 aliphatic carbocycles. The molecule has 3 heteroatoms. The zero-order chi connectivity index (χ0) is 13.4. The molecule has 0 saturated heterocycles. The van der Waals surface area contributed by atoms with Crippen LogP contribution in [-0.2, 0) is 11.2 Å². The third kappa shape index (κ3) is 5.85. The minimum atomic E-state index is 0.0438. The van der Waals surface area contributed by atoms with E-state index in [1.165, 1.54) is 18.4 Å². The van der Waals surface area contributed by atoms with E-state index in [0.717, 1.165) is 24.5 Å². The van der Waals surface area contributed by atoms with Gasteiger partial charge in [0.1, 0.15) is 0 Å². The number of hydrogen-bond acceptors (Lipinski definition) is 2. The summed E-state index contributed by atoms with van der Waals surface area (Å²) in [6.45, 7) is 4.99. The lowest BCUT2D eigenvalue weighted by Crippen LogP contribution is -2.36. The monoisotopic (exact) mass is 269 g/mol. The Hall–Kier alpha value is -0.570. The van der Waals surface area contributed by atoms with Crippen molar-refractivity contribution in [3.8, 4) is 0 Å². The first-order valence-corrected chi connectivity index (χ1v) is 7.13. The van der Waals surface area contributed by atoms with Crippen LogP contribution in [0, 0.1) is 0 Å². The van der Waals surface area contributed by atoms with Gasteiger partial charge in [-0.2, -0.15) is 0 Å². The van der Waals surface area contributed by atoms with Crippen molar-refractivity contribution in [1.82, 2.24) is 0 Å². The highest BCUT2D eigenvalue weighted by Gasteiger charge is 2.14. The molecule has 0 fully saturated rings. The number of ether oxygens (including phenoxy) is 1. The molecule has 2 N–H and O–H groups in total. The Kier molecular flexibility index (Phi) is 7.33. The fourth-order valence-electron chi connectivity index (χ4n) is 1.84. The van der Waals surface area contributed by atoms with E-state index in [1.807, 2.05) is 31.2 Å². The van der Waals surface area contributed by atoms with Gasteiger partial charge in [-0.25, -0.2) is 0 Å². The lowest BCUT2D eigenvalue weighted by atomic mass is 10.0. The second-order valence-corrected chi connectivity index (χ2v) is 5.24. The molecule has 1 rings (SSSR count). The van der Waals surface area contributed by atoms with Gasteiger partial charge in [0.25, 0.3) is 0 Å². The molecular weight excluding hydrogens is 246 g/mol. The predicted octanol–water partition coefficient (Wildman–Crippen LogP) is 3.81. The first-order chi connectivity index (χ1) is 8.63. The van der Waals surface area contributed by atoms with Gasteiger partial charge in [0, 0.05) is 24.1 Å². The van der Waals surface area contributed by atoms with Crippen LogP contribution in [0.25, 0.3) is 0 Å². The maximum atomic E-state index is 5.98. The fraction of sp³-hybridized carbons (Fsp3) is 0.600. The van der Waals surface area contributed by atoms with Gasteiger partial charge < -0.3 is 10.5 Å².